The first-order valence-corrected chi connectivity index (χ1v) is 3.82. The minimum absolute atomic E-state index is 0.0958. The molecule has 0 fully saturated rings. The number of esters is 1. The molecule has 0 bridgehead atoms. The fourth-order valence-corrected chi connectivity index (χ4v) is 0.863. The van der Waals surface area contributed by atoms with Gasteiger partial charge in [-0.1, -0.05) is 5.21 Å². The molecule has 6 heteroatoms. The predicted molar refractivity (Wildman–Crippen MR) is 41.5 cm³/mol. The summed E-state index contributed by atoms with van der Waals surface area (Å²) in [5, 5.41) is 6.95. The maximum atomic E-state index is 13.2. The Morgan fingerprint density at radius 1 is 1.85 bits per heavy atom. The molecule has 13 heavy (non-hydrogen) atoms. The Balaban J connectivity index is 2.73. The molecule has 1 heterocycles. The van der Waals surface area contributed by atoms with Crippen molar-refractivity contribution in [3.05, 3.63) is 11.9 Å². The van der Waals surface area contributed by atoms with Crippen molar-refractivity contribution in [3.8, 4) is 0 Å². The largest absolute Gasteiger partial charge is 0.464 e. The van der Waals surface area contributed by atoms with Gasteiger partial charge >= 0.3 is 5.97 Å². The van der Waals surface area contributed by atoms with Crippen LogP contribution in [0.15, 0.2) is 6.20 Å². The molecule has 0 aliphatic heterocycles. The molecule has 1 unspecified atom stereocenters. The average Bonchev–Trinajstić information content (AvgIpc) is 2.50. The van der Waals surface area contributed by atoms with Crippen LogP contribution in [0.1, 0.15) is 18.8 Å². The number of halogens is 1. The van der Waals surface area contributed by atoms with E-state index in [0.717, 1.165) is 0 Å². The molecule has 0 amide bonds. The predicted octanol–water partition coefficient (Wildman–Crippen LogP) is 0.389. The number of carbonyl (C=O) groups is 1. The second kappa shape index (κ2) is 3.97. The van der Waals surface area contributed by atoms with Gasteiger partial charge in [0.15, 0.2) is 0 Å². The van der Waals surface area contributed by atoms with Gasteiger partial charge < -0.3 is 4.74 Å². The van der Waals surface area contributed by atoms with Crippen LogP contribution in [0.5, 0.6) is 0 Å². The Bertz CT molecular complexity index is 300. The van der Waals surface area contributed by atoms with Gasteiger partial charge in [0.2, 0.25) is 6.17 Å². The van der Waals surface area contributed by atoms with Gasteiger partial charge in [0.25, 0.3) is 0 Å². The molecule has 1 atom stereocenters. The molecular weight excluding hydrogens is 177 g/mol. The minimum Gasteiger partial charge on any atom is -0.464 e. The smallest absolute Gasteiger partial charge is 0.347 e. The first kappa shape index (κ1) is 9.63. The van der Waals surface area contributed by atoms with Gasteiger partial charge in [-0.3, -0.25) is 0 Å². The summed E-state index contributed by atoms with van der Waals surface area (Å²) in [6.07, 6.45) is -0.610. The van der Waals surface area contributed by atoms with E-state index in [4.69, 9.17) is 0 Å². The summed E-state index contributed by atoms with van der Waals surface area (Å²) in [6, 6.07) is 0. The van der Waals surface area contributed by atoms with E-state index in [1.807, 2.05) is 0 Å². The molecule has 1 rings (SSSR count). The van der Waals surface area contributed by atoms with Crippen LogP contribution in [-0.4, -0.2) is 27.6 Å². The first-order valence-electron chi connectivity index (χ1n) is 3.82. The number of carbonyl (C=O) groups excluding carboxylic acids is 1. The number of rotatable bonds is 3. The number of ether oxygens (including phenoxy) is 1. The van der Waals surface area contributed by atoms with Crippen molar-refractivity contribution in [1.29, 1.82) is 0 Å². The van der Waals surface area contributed by atoms with Gasteiger partial charge in [0.1, 0.15) is 5.69 Å². The van der Waals surface area contributed by atoms with Gasteiger partial charge in [-0.2, -0.15) is 0 Å². The van der Waals surface area contributed by atoms with Crippen molar-refractivity contribution in [1.82, 2.24) is 15.0 Å². The third kappa shape index (κ3) is 2.01. The van der Waals surface area contributed by atoms with Gasteiger partial charge in [0, 0.05) is 7.05 Å². The second-order valence-corrected chi connectivity index (χ2v) is 2.40. The van der Waals surface area contributed by atoms with Crippen molar-refractivity contribution < 1.29 is 13.9 Å². The summed E-state index contributed by atoms with van der Waals surface area (Å²) in [5.74, 6) is -0.909. The topological polar surface area (TPSA) is 57.0 Å². The Labute approximate surface area is 74.5 Å². The highest BCUT2D eigenvalue weighted by Gasteiger charge is 2.24. The monoisotopic (exact) mass is 187 g/mol. The summed E-state index contributed by atoms with van der Waals surface area (Å²) in [4.78, 5) is 10.9. The molecule has 1 aromatic heterocycles. The van der Waals surface area contributed by atoms with E-state index >= 15 is 0 Å². The first-order chi connectivity index (χ1) is 6.16. The maximum absolute atomic E-state index is 13.2. The lowest BCUT2D eigenvalue weighted by Crippen LogP contribution is -2.14. The van der Waals surface area contributed by atoms with Crippen LogP contribution >= 0.6 is 0 Å². The van der Waals surface area contributed by atoms with E-state index in [1.54, 1.807) is 6.92 Å². The van der Waals surface area contributed by atoms with Crippen molar-refractivity contribution >= 4 is 5.97 Å². The molecule has 1 aromatic rings. The number of alkyl halides is 1. The highest BCUT2D eigenvalue weighted by molar-refractivity contribution is 5.75. The molecule has 5 nitrogen and oxygen atoms in total. The average molecular weight is 187 g/mol. The molecule has 0 aromatic carbocycles. The quantitative estimate of drug-likeness (QED) is 0.642. The Morgan fingerprint density at radius 3 is 3.00 bits per heavy atom. The SMILES string of the molecule is CCOC(=O)C(F)c1cnnn1C. The van der Waals surface area contributed by atoms with Crippen molar-refractivity contribution in [2.24, 2.45) is 7.05 Å². The van der Waals surface area contributed by atoms with Crippen molar-refractivity contribution in [3.63, 3.8) is 0 Å². The molecule has 0 radical (unpaired) electrons. The van der Waals surface area contributed by atoms with E-state index in [2.05, 4.69) is 15.0 Å². The van der Waals surface area contributed by atoms with Crippen LogP contribution in [0.2, 0.25) is 0 Å². The molecule has 0 aliphatic carbocycles. The maximum Gasteiger partial charge on any atom is 0.347 e. The van der Waals surface area contributed by atoms with Crippen LogP contribution in [0.3, 0.4) is 0 Å². The molecule has 0 saturated carbocycles. The van der Waals surface area contributed by atoms with E-state index in [9.17, 15) is 9.18 Å². The Hall–Kier alpha value is -1.46. The zero-order chi connectivity index (χ0) is 9.84. The van der Waals surface area contributed by atoms with Crippen LogP contribution in [0, 0.1) is 0 Å². The minimum atomic E-state index is -1.81. The summed E-state index contributed by atoms with van der Waals surface area (Å²) in [6.45, 7) is 1.77. The van der Waals surface area contributed by atoms with Crippen molar-refractivity contribution in [2.75, 3.05) is 6.61 Å². The van der Waals surface area contributed by atoms with E-state index in [-0.39, 0.29) is 12.3 Å². The number of aromatic nitrogens is 3. The molecule has 0 saturated heterocycles. The summed E-state index contributed by atoms with van der Waals surface area (Å²) < 4.78 is 18.9. The normalized spacial score (nSPS) is 12.5. The third-order valence-corrected chi connectivity index (χ3v) is 1.50. The van der Waals surface area contributed by atoms with E-state index < -0.39 is 12.1 Å². The number of aryl methyl sites for hydroxylation is 1. The highest BCUT2D eigenvalue weighted by Crippen LogP contribution is 2.16. The molecule has 0 spiro atoms. The van der Waals surface area contributed by atoms with Crippen LogP contribution < -0.4 is 0 Å². The lowest BCUT2D eigenvalue weighted by Gasteiger charge is -2.06. The lowest BCUT2D eigenvalue weighted by atomic mass is 10.3. The number of nitrogens with zero attached hydrogens (tertiary/aromatic N) is 3. The lowest BCUT2D eigenvalue weighted by molar-refractivity contribution is -0.149. The molecule has 0 N–H and O–H groups in total. The summed E-state index contributed by atoms with van der Waals surface area (Å²) in [7, 11) is 1.51. The molecular formula is C7H10FN3O2. The van der Waals surface area contributed by atoms with Crippen LogP contribution in [0.25, 0.3) is 0 Å². The fraction of sp³-hybridized carbons (Fsp3) is 0.571. The fourth-order valence-electron chi connectivity index (χ4n) is 0.863. The molecule has 72 valence electrons. The second-order valence-electron chi connectivity index (χ2n) is 2.40. The summed E-state index contributed by atoms with van der Waals surface area (Å²) in [5.41, 5.74) is 0.0958. The third-order valence-electron chi connectivity index (χ3n) is 1.50. The summed E-state index contributed by atoms with van der Waals surface area (Å²) >= 11 is 0. The van der Waals surface area contributed by atoms with E-state index in [0.29, 0.717) is 0 Å². The van der Waals surface area contributed by atoms with Gasteiger partial charge in [-0.15, -0.1) is 5.10 Å². The molecule has 0 aliphatic rings. The number of hydrogen-bond acceptors (Lipinski definition) is 4. The van der Waals surface area contributed by atoms with Crippen LogP contribution in [0.4, 0.5) is 4.39 Å². The zero-order valence-corrected chi connectivity index (χ0v) is 7.40. The zero-order valence-electron chi connectivity index (χ0n) is 7.40. The van der Waals surface area contributed by atoms with Crippen LogP contribution in [-0.2, 0) is 16.6 Å². The van der Waals surface area contributed by atoms with Crippen molar-refractivity contribution in [2.45, 2.75) is 13.1 Å². The van der Waals surface area contributed by atoms with Gasteiger partial charge in [0.05, 0.1) is 12.8 Å². The highest BCUT2D eigenvalue weighted by atomic mass is 19.1. The van der Waals surface area contributed by atoms with Gasteiger partial charge in [-0.25, -0.2) is 13.9 Å². The Kier molecular flexibility index (Phi) is 2.94. The van der Waals surface area contributed by atoms with Gasteiger partial charge in [-0.05, 0) is 6.92 Å². The standard InChI is InChI=1S/C7H10FN3O2/c1-3-13-7(12)6(8)5-4-9-10-11(5)2/h4,6H,3H2,1-2H3. The number of hydrogen-bond donors (Lipinski definition) is 0. The van der Waals surface area contributed by atoms with E-state index in [1.165, 1.54) is 17.9 Å². The Morgan fingerprint density at radius 2 is 2.54 bits per heavy atom.